The summed E-state index contributed by atoms with van der Waals surface area (Å²) in [4.78, 5) is 0. The lowest BCUT2D eigenvalue weighted by Gasteiger charge is -2.29. The highest BCUT2D eigenvalue weighted by molar-refractivity contribution is 5.64. The molecular formula is C49H48O2. The maximum absolute atomic E-state index is 10.3. The van der Waals surface area contributed by atoms with E-state index in [-0.39, 0.29) is 5.41 Å². The van der Waals surface area contributed by atoms with Gasteiger partial charge in [-0.05, 0) is 140 Å². The van der Waals surface area contributed by atoms with E-state index in [1.807, 2.05) is 18.2 Å². The molecule has 0 aliphatic heterocycles. The van der Waals surface area contributed by atoms with Gasteiger partial charge in [-0.3, -0.25) is 0 Å². The Labute approximate surface area is 303 Å². The fraction of sp³-hybridized carbons (Fsp3) is 0.265. The Morgan fingerprint density at radius 3 is 1.20 bits per heavy atom. The number of phenols is 2. The smallest absolute Gasteiger partial charge is 0.119 e. The van der Waals surface area contributed by atoms with Crippen LogP contribution in [0.3, 0.4) is 0 Å². The third kappa shape index (κ3) is 5.66. The molecule has 0 heterocycles. The molecule has 2 heteroatoms. The zero-order valence-corrected chi connectivity index (χ0v) is 30.2. The Kier molecular flexibility index (Phi) is 8.58. The van der Waals surface area contributed by atoms with E-state index in [0.29, 0.717) is 16.9 Å². The Bertz CT molecular complexity index is 1970. The van der Waals surface area contributed by atoms with Crippen LogP contribution in [0, 0.1) is 20.8 Å². The molecule has 10 rings (SSSR count). The molecule has 256 valence electrons. The van der Waals surface area contributed by atoms with Crippen LogP contribution in [-0.4, -0.2) is 10.2 Å². The van der Waals surface area contributed by atoms with Crippen LogP contribution in [0.4, 0.5) is 0 Å². The van der Waals surface area contributed by atoms with E-state index >= 15 is 0 Å². The molecule has 0 aromatic heterocycles. The van der Waals surface area contributed by atoms with Gasteiger partial charge in [0.1, 0.15) is 11.5 Å². The van der Waals surface area contributed by atoms with Crippen molar-refractivity contribution in [2.75, 3.05) is 0 Å². The van der Waals surface area contributed by atoms with E-state index < -0.39 is 0 Å². The second-order valence-corrected chi connectivity index (χ2v) is 15.2. The summed E-state index contributed by atoms with van der Waals surface area (Å²) in [6.07, 6.45) is 9.08. The molecule has 2 spiro atoms. The molecule has 0 amide bonds. The maximum atomic E-state index is 10.3. The molecule has 0 saturated heterocycles. The van der Waals surface area contributed by atoms with E-state index in [9.17, 15) is 10.2 Å². The van der Waals surface area contributed by atoms with Crippen LogP contribution in [-0.2, 0) is 36.5 Å². The van der Waals surface area contributed by atoms with E-state index in [1.54, 1.807) is 34.4 Å². The first-order valence-electron chi connectivity index (χ1n) is 18.7. The minimum absolute atomic E-state index is 0.165. The number of phenolic OH excluding ortho intramolecular Hbond substituents is 2. The van der Waals surface area contributed by atoms with Crippen molar-refractivity contribution in [2.45, 2.75) is 83.0 Å². The molecule has 4 aliphatic carbocycles. The number of hydrogen-bond donors (Lipinski definition) is 2. The lowest BCUT2D eigenvalue weighted by Crippen LogP contribution is -2.23. The van der Waals surface area contributed by atoms with Crippen LogP contribution < -0.4 is 0 Å². The number of hydrogen-bond acceptors (Lipinski definition) is 2. The van der Waals surface area contributed by atoms with E-state index in [4.69, 9.17) is 0 Å². The van der Waals surface area contributed by atoms with Gasteiger partial charge in [-0.2, -0.15) is 0 Å². The van der Waals surface area contributed by atoms with Gasteiger partial charge >= 0.3 is 0 Å². The summed E-state index contributed by atoms with van der Waals surface area (Å²) in [5.41, 5.74) is 18.1. The van der Waals surface area contributed by atoms with Crippen LogP contribution in [0.5, 0.6) is 11.5 Å². The number of aryl methyl sites for hydroxylation is 7. The van der Waals surface area contributed by atoms with Crippen LogP contribution in [0.15, 0.2) is 127 Å². The minimum Gasteiger partial charge on any atom is -0.508 e. The summed E-state index contributed by atoms with van der Waals surface area (Å²) in [5.74, 6) is 0.761. The van der Waals surface area contributed by atoms with Crippen molar-refractivity contribution in [2.24, 2.45) is 0 Å². The van der Waals surface area contributed by atoms with Crippen molar-refractivity contribution < 1.29 is 10.2 Å². The highest BCUT2D eigenvalue weighted by atomic mass is 16.3. The topological polar surface area (TPSA) is 40.5 Å². The standard InChI is InChI=1S/C19H20.C17H16O2.C13H12/c1-13-5-3-7-15-9-11-19(17(13)15)12-10-16-8-4-6-14(2)18(16)19;18-13-5-1-3-11-7-9-17(15(11)13)10-8-12-4-2-6-14(19)16(12)17;1-11-7-9-13(10-8-11)12-5-3-2-4-6-12/h3-8H,9-12H2,1-2H3;1-6,18-19H,7-10H2;2-10H,1H3. The van der Waals surface area contributed by atoms with E-state index in [0.717, 1.165) is 36.8 Å². The first-order chi connectivity index (χ1) is 24.8. The van der Waals surface area contributed by atoms with Crippen molar-refractivity contribution in [3.05, 3.63) is 189 Å². The minimum atomic E-state index is -0.165. The largest absolute Gasteiger partial charge is 0.508 e. The molecular weight excluding hydrogens is 621 g/mol. The van der Waals surface area contributed by atoms with Gasteiger partial charge in [0.2, 0.25) is 0 Å². The quantitative estimate of drug-likeness (QED) is 0.183. The van der Waals surface area contributed by atoms with Gasteiger partial charge in [-0.1, -0.05) is 121 Å². The zero-order chi connectivity index (χ0) is 35.2. The average Bonchev–Trinajstić information content (AvgIpc) is 3.92. The molecule has 6 aromatic carbocycles. The van der Waals surface area contributed by atoms with Gasteiger partial charge in [0.05, 0.1) is 0 Å². The highest BCUT2D eigenvalue weighted by Crippen LogP contribution is 2.57. The lowest BCUT2D eigenvalue weighted by atomic mass is 9.73. The second-order valence-electron chi connectivity index (χ2n) is 15.2. The zero-order valence-electron chi connectivity index (χ0n) is 30.2. The SMILES string of the molecule is Cc1ccc(-c2ccccc2)cc1.Cc1cccc2c1C1(CC2)CCc2cccc(C)c21.Oc1cccc2c1C1(CC2)CCc2cccc(O)c21. The summed E-state index contributed by atoms with van der Waals surface area (Å²) in [6.45, 7) is 6.69. The number of benzene rings is 6. The molecule has 51 heavy (non-hydrogen) atoms. The van der Waals surface area contributed by atoms with E-state index in [2.05, 4.69) is 118 Å². The van der Waals surface area contributed by atoms with Gasteiger partial charge in [0.15, 0.2) is 0 Å². The Morgan fingerprint density at radius 1 is 0.373 bits per heavy atom. The summed E-state index contributed by atoms with van der Waals surface area (Å²) < 4.78 is 0. The third-order valence-corrected chi connectivity index (χ3v) is 12.3. The van der Waals surface area contributed by atoms with Crippen molar-refractivity contribution in [3.63, 3.8) is 0 Å². The van der Waals surface area contributed by atoms with Crippen molar-refractivity contribution in [1.82, 2.24) is 0 Å². The third-order valence-electron chi connectivity index (χ3n) is 12.3. The van der Waals surface area contributed by atoms with Crippen molar-refractivity contribution >= 4 is 0 Å². The molecule has 0 atom stereocenters. The van der Waals surface area contributed by atoms with Gasteiger partial charge in [-0.15, -0.1) is 0 Å². The number of rotatable bonds is 1. The maximum Gasteiger partial charge on any atom is 0.119 e. The number of fused-ring (bicyclic) bond motifs is 8. The normalized spacial score (nSPS) is 16.4. The molecule has 0 unspecified atom stereocenters. The molecule has 0 bridgehead atoms. The lowest BCUT2D eigenvalue weighted by molar-refractivity contribution is 0.416. The fourth-order valence-corrected chi connectivity index (χ4v) is 10.2. The molecule has 2 N–H and O–H groups in total. The highest BCUT2D eigenvalue weighted by Gasteiger charge is 2.48. The second kappa shape index (κ2) is 13.2. The van der Waals surface area contributed by atoms with Crippen LogP contribution in [0.25, 0.3) is 11.1 Å². The Balaban J connectivity index is 0.000000112. The van der Waals surface area contributed by atoms with Gasteiger partial charge < -0.3 is 10.2 Å². The van der Waals surface area contributed by atoms with Gasteiger partial charge in [0, 0.05) is 22.0 Å². The van der Waals surface area contributed by atoms with Crippen molar-refractivity contribution in [3.8, 4) is 22.6 Å². The van der Waals surface area contributed by atoms with Crippen LogP contribution in [0.1, 0.15) is 86.9 Å². The van der Waals surface area contributed by atoms with Crippen LogP contribution >= 0.6 is 0 Å². The van der Waals surface area contributed by atoms with Crippen molar-refractivity contribution in [1.29, 1.82) is 0 Å². The molecule has 0 radical (unpaired) electrons. The summed E-state index contributed by atoms with van der Waals surface area (Å²) in [6, 6.07) is 44.3. The number of aromatic hydroxyl groups is 2. The fourth-order valence-electron chi connectivity index (χ4n) is 10.2. The van der Waals surface area contributed by atoms with Crippen LogP contribution in [0.2, 0.25) is 0 Å². The molecule has 6 aromatic rings. The predicted molar refractivity (Wildman–Crippen MR) is 210 cm³/mol. The Hall–Kier alpha value is -5.08. The first kappa shape index (κ1) is 33.1. The van der Waals surface area contributed by atoms with Gasteiger partial charge in [-0.25, -0.2) is 0 Å². The van der Waals surface area contributed by atoms with Gasteiger partial charge in [0.25, 0.3) is 0 Å². The van der Waals surface area contributed by atoms with E-state index in [1.165, 1.54) is 64.6 Å². The predicted octanol–water partition coefficient (Wildman–Crippen LogP) is 11.4. The molecule has 0 fully saturated rings. The first-order valence-corrected chi connectivity index (χ1v) is 18.7. The summed E-state index contributed by atoms with van der Waals surface area (Å²) in [5, 5.41) is 20.6. The molecule has 2 nitrogen and oxygen atoms in total. The molecule has 0 saturated carbocycles. The summed E-state index contributed by atoms with van der Waals surface area (Å²) >= 11 is 0. The Morgan fingerprint density at radius 2 is 0.745 bits per heavy atom. The average molecular weight is 669 g/mol. The summed E-state index contributed by atoms with van der Waals surface area (Å²) in [7, 11) is 0. The molecule has 4 aliphatic rings. The monoisotopic (exact) mass is 668 g/mol.